The van der Waals surface area contributed by atoms with E-state index in [-0.39, 0.29) is 6.03 Å². The summed E-state index contributed by atoms with van der Waals surface area (Å²) in [6.07, 6.45) is 0. The molecular formula is C16H20N2O5. The van der Waals surface area contributed by atoms with Gasteiger partial charge in [0, 0.05) is 18.3 Å². The van der Waals surface area contributed by atoms with Gasteiger partial charge in [-0.1, -0.05) is 0 Å². The normalized spacial score (nSPS) is 17.7. The molecule has 0 fully saturated rings. The van der Waals surface area contributed by atoms with Crippen LogP contribution in [0.5, 0.6) is 11.5 Å². The molecule has 2 amide bonds. The van der Waals surface area contributed by atoms with Gasteiger partial charge in [0.25, 0.3) is 0 Å². The monoisotopic (exact) mass is 320 g/mol. The highest BCUT2D eigenvalue weighted by atomic mass is 16.5. The van der Waals surface area contributed by atoms with Crippen molar-refractivity contribution in [2.75, 3.05) is 28.4 Å². The van der Waals surface area contributed by atoms with Crippen LogP contribution in [-0.4, -0.2) is 45.3 Å². The van der Waals surface area contributed by atoms with Crippen molar-refractivity contribution in [3.63, 3.8) is 0 Å². The number of nitrogens with zero attached hydrogens (tertiary/aromatic N) is 1. The van der Waals surface area contributed by atoms with E-state index in [1.807, 2.05) is 0 Å². The highest BCUT2D eigenvalue weighted by Gasteiger charge is 2.36. The molecular weight excluding hydrogens is 300 g/mol. The van der Waals surface area contributed by atoms with Gasteiger partial charge in [0.15, 0.2) is 0 Å². The molecule has 0 saturated heterocycles. The van der Waals surface area contributed by atoms with Gasteiger partial charge in [-0.05, 0) is 25.1 Å². The van der Waals surface area contributed by atoms with E-state index in [2.05, 4.69) is 5.32 Å². The second-order valence-electron chi connectivity index (χ2n) is 5.04. The molecule has 1 N–H and O–H groups in total. The van der Waals surface area contributed by atoms with Crippen LogP contribution in [0.2, 0.25) is 0 Å². The van der Waals surface area contributed by atoms with E-state index in [4.69, 9.17) is 14.2 Å². The van der Waals surface area contributed by atoms with E-state index in [1.54, 1.807) is 39.3 Å². The number of amides is 2. The largest absolute Gasteiger partial charge is 0.497 e. The average Bonchev–Trinajstić information content (AvgIpc) is 2.58. The SMILES string of the molecule is COC(=O)C1=C(C)N(C)C(=O)N[C@H]1c1cc(OC)ccc1OC. The maximum absolute atomic E-state index is 12.2. The standard InChI is InChI=1S/C16H20N2O5/c1-9-13(15(19)23-5)14(17-16(20)18(9)2)11-8-10(21-3)6-7-12(11)22-4/h6-8,14H,1-5H3,(H,17,20)/t14-/m0/s1. The molecule has 7 heteroatoms. The number of carbonyl (C=O) groups is 2. The molecule has 1 atom stereocenters. The molecule has 1 aromatic carbocycles. The second-order valence-corrected chi connectivity index (χ2v) is 5.04. The Balaban J connectivity index is 2.64. The molecule has 1 aliphatic heterocycles. The minimum absolute atomic E-state index is 0.315. The number of urea groups is 1. The highest BCUT2D eigenvalue weighted by Crippen LogP contribution is 2.37. The first-order chi connectivity index (χ1) is 10.9. The first-order valence-electron chi connectivity index (χ1n) is 6.99. The van der Waals surface area contributed by atoms with E-state index in [0.29, 0.717) is 28.3 Å². The van der Waals surface area contributed by atoms with Gasteiger partial charge in [-0.15, -0.1) is 0 Å². The molecule has 0 saturated carbocycles. The Hall–Kier alpha value is -2.70. The van der Waals surface area contributed by atoms with Gasteiger partial charge in [-0.2, -0.15) is 0 Å². The van der Waals surface area contributed by atoms with Crippen molar-refractivity contribution in [3.05, 3.63) is 35.0 Å². The molecule has 1 aliphatic rings. The third-order valence-corrected chi connectivity index (χ3v) is 3.91. The Morgan fingerprint density at radius 3 is 2.48 bits per heavy atom. The predicted molar refractivity (Wildman–Crippen MR) is 83.3 cm³/mol. The summed E-state index contributed by atoms with van der Waals surface area (Å²) in [5.74, 6) is 0.620. The van der Waals surface area contributed by atoms with E-state index in [1.165, 1.54) is 19.1 Å². The van der Waals surface area contributed by atoms with Gasteiger partial charge in [-0.25, -0.2) is 9.59 Å². The quantitative estimate of drug-likeness (QED) is 0.857. The lowest BCUT2D eigenvalue weighted by atomic mass is 9.94. The van der Waals surface area contributed by atoms with Crippen molar-refractivity contribution in [1.29, 1.82) is 0 Å². The summed E-state index contributed by atoms with van der Waals surface area (Å²) >= 11 is 0. The van der Waals surface area contributed by atoms with Crippen molar-refractivity contribution in [2.45, 2.75) is 13.0 Å². The predicted octanol–water partition coefficient (Wildman–Crippen LogP) is 1.85. The Bertz CT molecular complexity index is 668. The minimum Gasteiger partial charge on any atom is -0.497 e. The minimum atomic E-state index is -0.684. The van der Waals surface area contributed by atoms with Crippen LogP contribution in [0.15, 0.2) is 29.5 Å². The van der Waals surface area contributed by atoms with E-state index < -0.39 is 12.0 Å². The van der Waals surface area contributed by atoms with Crippen LogP contribution in [0, 0.1) is 0 Å². The lowest BCUT2D eigenvalue weighted by Crippen LogP contribution is -2.46. The Morgan fingerprint density at radius 2 is 1.91 bits per heavy atom. The van der Waals surface area contributed by atoms with Gasteiger partial charge in [0.1, 0.15) is 11.5 Å². The fraction of sp³-hybridized carbons (Fsp3) is 0.375. The van der Waals surface area contributed by atoms with E-state index in [9.17, 15) is 9.59 Å². The van der Waals surface area contributed by atoms with Crippen LogP contribution in [-0.2, 0) is 9.53 Å². The molecule has 1 aromatic rings. The summed E-state index contributed by atoms with van der Waals surface area (Å²) in [5.41, 5.74) is 1.49. The summed E-state index contributed by atoms with van der Waals surface area (Å²) in [4.78, 5) is 25.8. The van der Waals surface area contributed by atoms with E-state index >= 15 is 0 Å². The molecule has 1 heterocycles. The van der Waals surface area contributed by atoms with Crippen LogP contribution in [0.1, 0.15) is 18.5 Å². The molecule has 0 radical (unpaired) electrons. The number of carbonyl (C=O) groups excluding carboxylic acids is 2. The van der Waals surface area contributed by atoms with Crippen molar-refractivity contribution in [3.8, 4) is 11.5 Å². The van der Waals surface area contributed by atoms with E-state index in [0.717, 1.165) is 0 Å². The zero-order chi connectivity index (χ0) is 17.1. The molecule has 23 heavy (non-hydrogen) atoms. The molecule has 2 rings (SSSR count). The van der Waals surface area contributed by atoms with Crippen molar-refractivity contribution >= 4 is 12.0 Å². The number of nitrogens with one attached hydrogen (secondary N) is 1. The Kier molecular flexibility index (Phi) is 4.78. The highest BCUT2D eigenvalue weighted by molar-refractivity contribution is 5.95. The first-order valence-corrected chi connectivity index (χ1v) is 6.99. The molecule has 0 spiro atoms. The summed E-state index contributed by atoms with van der Waals surface area (Å²) in [6.45, 7) is 1.70. The number of ether oxygens (including phenoxy) is 3. The summed E-state index contributed by atoms with van der Waals surface area (Å²) in [7, 11) is 5.96. The molecule has 124 valence electrons. The fourth-order valence-corrected chi connectivity index (χ4v) is 2.51. The van der Waals surface area contributed by atoms with Crippen LogP contribution < -0.4 is 14.8 Å². The number of rotatable bonds is 4. The third kappa shape index (κ3) is 2.94. The summed E-state index contributed by atoms with van der Waals surface area (Å²) in [5, 5.41) is 2.80. The zero-order valence-corrected chi connectivity index (χ0v) is 13.8. The molecule has 0 bridgehead atoms. The molecule has 7 nitrogen and oxygen atoms in total. The van der Waals surface area contributed by atoms with Gasteiger partial charge in [0.05, 0.1) is 32.9 Å². The van der Waals surface area contributed by atoms with Gasteiger partial charge < -0.3 is 24.4 Å². The molecule has 0 aromatic heterocycles. The topological polar surface area (TPSA) is 77.1 Å². The first kappa shape index (κ1) is 16.7. The number of hydrogen-bond acceptors (Lipinski definition) is 5. The average molecular weight is 320 g/mol. The smallest absolute Gasteiger partial charge is 0.337 e. The zero-order valence-electron chi connectivity index (χ0n) is 13.8. The maximum atomic E-state index is 12.2. The molecule has 0 aliphatic carbocycles. The summed E-state index contributed by atoms with van der Waals surface area (Å²) in [6, 6.07) is 4.20. The van der Waals surface area contributed by atoms with Crippen LogP contribution in [0.3, 0.4) is 0 Å². The number of esters is 1. The Morgan fingerprint density at radius 1 is 1.22 bits per heavy atom. The van der Waals surface area contributed by atoms with Crippen LogP contribution >= 0.6 is 0 Å². The number of methoxy groups -OCH3 is 3. The van der Waals surface area contributed by atoms with Crippen LogP contribution in [0.25, 0.3) is 0 Å². The number of allylic oxidation sites excluding steroid dienone is 1. The number of benzene rings is 1. The maximum Gasteiger partial charge on any atom is 0.337 e. The Labute approximate surface area is 134 Å². The van der Waals surface area contributed by atoms with Crippen molar-refractivity contribution in [1.82, 2.24) is 10.2 Å². The van der Waals surface area contributed by atoms with Crippen molar-refractivity contribution < 1.29 is 23.8 Å². The lowest BCUT2D eigenvalue weighted by molar-refractivity contribution is -0.136. The number of hydrogen-bond donors (Lipinski definition) is 1. The van der Waals surface area contributed by atoms with Crippen molar-refractivity contribution in [2.24, 2.45) is 0 Å². The summed E-state index contributed by atoms with van der Waals surface area (Å²) < 4.78 is 15.5. The fourth-order valence-electron chi connectivity index (χ4n) is 2.51. The van der Waals surface area contributed by atoms with Gasteiger partial charge in [0.2, 0.25) is 0 Å². The van der Waals surface area contributed by atoms with Gasteiger partial charge in [-0.3, -0.25) is 0 Å². The molecule has 0 unspecified atom stereocenters. The third-order valence-electron chi connectivity index (χ3n) is 3.91. The second kappa shape index (κ2) is 6.60. The van der Waals surface area contributed by atoms with Crippen LogP contribution in [0.4, 0.5) is 4.79 Å². The van der Waals surface area contributed by atoms with Gasteiger partial charge >= 0.3 is 12.0 Å². The lowest BCUT2D eigenvalue weighted by Gasteiger charge is -2.33.